The highest BCUT2D eigenvalue weighted by Gasteiger charge is 2.28. The van der Waals surface area contributed by atoms with Crippen molar-refractivity contribution in [3.63, 3.8) is 0 Å². The number of alkyl halides is 1. The van der Waals surface area contributed by atoms with E-state index in [4.69, 9.17) is 9.47 Å². The molecular formula is C24H31BrN2O5S. The fourth-order valence-electron chi connectivity index (χ4n) is 3.55. The SMILES string of the molecule is CC(C)(C)OC(=O)N1CCC(Nc2cc(S(=O)(=O)c3ccccc3)ccc2OCCBr)CC1. The average Bonchev–Trinajstić information content (AvgIpc) is 2.78. The Morgan fingerprint density at radius 2 is 1.76 bits per heavy atom. The van der Waals surface area contributed by atoms with Crippen LogP contribution in [0.15, 0.2) is 58.3 Å². The number of hydrogen-bond acceptors (Lipinski definition) is 6. The number of sulfone groups is 1. The van der Waals surface area contributed by atoms with Gasteiger partial charge in [0.15, 0.2) is 0 Å². The molecule has 0 aliphatic carbocycles. The molecule has 0 saturated carbocycles. The van der Waals surface area contributed by atoms with Crippen LogP contribution in [0, 0.1) is 0 Å². The zero-order valence-electron chi connectivity index (χ0n) is 19.2. The normalized spacial score (nSPS) is 15.2. The number of halogens is 1. The number of nitrogens with zero attached hydrogens (tertiary/aromatic N) is 1. The lowest BCUT2D eigenvalue weighted by molar-refractivity contribution is 0.0210. The van der Waals surface area contributed by atoms with Gasteiger partial charge in [0.05, 0.1) is 22.1 Å². The fourth-order valence-corrected chi connectivity index (χ4v) is 5.02. The summed E-state index contributed by atoms with van der Waals surface area (Å²) in [5.41, 5.74) is 0.0992. The summed E-state index contributed by atoms with van der Waals surface area (Å²) < 4.78 is 37.5. The second-order valence-corrected chi connectivity index (χ2v) is 11.6. The molecule has 1 aliphatic heterocycles. The minimum Gasteiger partial charge on any atom is -0.491 e. The largest absolute Gasteiger partial charge is 0.491 e. The highest BCUT2D eigenvalue weighted by atomic mass is 79.9. The van der Waals surface area contributed by atoms with Gasteiger partial charge in [-0.15, -0.1) is 0 Å². The van der Waals surface area contributed by atoms with Crippen molar-refractivity contribution in [1.29, 1.82) is 0 Å². The summed E-state index contributed by atoms with van der Waals surface area (Å²) in [5, 5.41) is 4.10. The van der Waals surface area contributed by atoms with E-state index in [0.29, 0.717) is 49.3 Å². The molecule has 180 valence electrons. The van der Waals surface area contributed by atoms with Crippen molar-refractivity contribution in [2.75, 3.05) is 30.3 Å². The molecule has 0 aromatic heterocycles. The van der Waals surface area contributed by atoms with Crippen molar-refractivity contribution in [1.82, 2.24) is 4.90 Å². The van der Waals surface area contributed by atoms with Gasteiger partial charge in [-0.1, -0.05) is 34.1 Å². The molecule has 1 saturated heterocycles. The molecule has 1 fully saturated rings. The molecule has 0 spiro atoms. The van der Waals surface area contributed by atoms with Crippen LogP contribution < -0.4 is 10.1 Å². The third-order valence-electron chi connectivity index (χ3n) is 5.16. The van der Waals surface area contributed by atoms with Crippen LogP contribution in [0.4, 0.5) is 10.5 Å². The summed E-state index contributed by atoms with van der Waals surface area (Å²) in [4.78, 5) is 14.5. The fraction of sp³-hybridized carbons (Fsp3) is 0.458. The summed E-state index contributed by atoms with van der Waals surface area (Å²) in [7, 11) is -3.65. The molecule has 0 bridgehead atoms. The first-order valence-electron chi connectivity index (χ1n) is 11.0. The second-order valence-electron chi connectivity index (χ2n) is 8.90. The molecule has 2 aromatic carbocycles. The summed E-state index contributed by atoms with van der Waals surface area (Å²) in [6, 6.07) is 13.3. The Hall–Kier alpha value is -2.26. The van der Waals surface area contributed by atoms with Crippen LogP contribution in [-0.4, -0.2) is 56.1 Å². The molecule has 9 heteroatoms. The average molecular weight is 539 g/mol. The maximum atomic E-state index is 13.1. The Morgan fingerprint density at radius 1 is 1.09 bits per heavy atom. The third kappa shape index (κ3) is 6.86. The number of piperidine rings is 1. The Labute approximate surface area is 204 Å². The Morgan fingerprint density at radius 3 is 2.36 bits per heavy atom. The number of likely N-dealkylation sites (tertiary alicyclic amines) is 1. The van der Waals surface area contributed by atoms with Gasteiger partial charge < -0.3 is 19.7 Å². The lowest BCUT2D eigenvalue weighted by atomic mass is 10.0. The smallest absolute Gasteiger partial charge is 0.410 e. The lowest BCUT2D eigenvalue weighted by Crippen LogP contribution is -2.44. The van der Waals surface area contributed by atoms with E-state index in [1.54, 1.807) is 53.4 Å². The van der Waals surface area contributed by atoms with Crippen molar-refractivity contribution in [2.24, 2.45) is 0 Å². The summed E-state index contributed by atoms with van der Waals surface area (Å²) in [6.45, 7) is 7.13. The summed E-state index contributed by atoms with van der Waals surface area (Å²) >= 11 is 3.36. The van der Waals surface area contributed by atoms with Crippen molar-refractivity contribution >= 4 is 37.5 Å². The molecule has 33 heavy (non-hydrogen) atoms. The third-order valence-corrected chi connectivity index (χ3v) is 7.25. The standard InChI is InChI=1S/C24H31BrN2O5S/c1-24(2,3)32-23(28)27-14-11-18(12-15-27)26-21-17-20(9-10-22(21)31-16-13-25)33(29,30)19-7-5-4-6-8-19/h4-10,17-18,26H,11-16H2,1-3H3. The van der Waals surface area contributed by atoms with E-state index >= 15 is 0 Å². The van der Waals surface area contributed by atoms with Crippen molar-refractivity contribution in [2.45, 2.75) is 55.0 Å². The number of carbonyl (C=O) groups excluding carboxylic acids is 1. The molecule has 0 atom stereocenters. The number of carbonyl (C=O) groups is 1. The topological polar surface area (TPSA) is 84.9 Å². The number of nitrogens with one attached hydrogen (secondary N) is 1. The second kappa shape index (κ2) is 10.8. The summed E-state index contributed by atoms with van der Waals surface area (Å²) in [6.07, 6.45) is 1.12. The van der Waals surface area contributed by atoms with E-state index in [-0.39, 0.29) is 21.9 Å². The van der Waals surface area contributed by atoms with Crippen LogP contribution >= 0.6 is 15.9 Å². The quantitative estimate of drug-likeness (QED) is 0.493. The Bertz CT molecular complexity index is 1050. The molecule has 1 amide bonds. The van der Waals surface area contributed by atoms with Gasteiger partial charge in [0, 0.05) is 24.5 Å². The first kappa shape index (κ1) is 25.4. The van der Waals surface area contributed by atoms with Crippen LogP contribution in [0.1, 0.15) is 33.6 Å². The summed E-state index contributed by atoms with van der Waals surface area (Å²) in [5.74, 6) is 0.594. The first-order chi connectivity index (χ1) is 15.6. The number of benzene rings is 2. The molecule has 1 heterocycles. The zero-order valence-corrected chi connectivity index (χ0v) is 21.6. The van der Waals surface area contributed by atoms with E-state index in [9.17, 15) is 13.2 Å². The number of amides is 1. The molecule has 7 nitrogen and oxygen atoms in total. The molecular weight excluding hydrogens is 508 g/mol. The Kier molecular flexibility index (Phi) is 8.28. The van der Waals surface area contributed by atoms with Gasteiger partial charge in [0.2, 0.25) is 9.84 Å². The van der Waals surface area contributed by atoms with E-state index in [2.05, 4.69) is 21.2 Å². The molecule has 0 radical (unpaired) electrons. The van der Waals surface area contributed by atoms with Crippen molar-refractivity contribution in [3.8, 4) is 5.75 Å². The predicted molar refractivity (Wildman–Crippen MR) is 132 cm³/mol. The van der Waals surface area contributed by atoms with Gasteiger partial charge in [-0.25, -0.2) is 13.2 Å². The van der Waals surface area contributed by atoms with E-state index in [0.717, 1.165) is 0 Å². The van der Waals surface area contributed by atoms with Crippen molar-refractivity contribution in [3.05, 3.63) is 48.5 Å². The predicted octanol–water partition coefficient (Wildman–Crippen LogP) is 5.10. The van der Waals surface area contributed by atoms with Crippen LogP contribution in [0.2, 0.25) is 0 Å². The number of hydrogen-bond donors (Lipinski definition) is 1. The van der Waals surface area contributed by atoms with Gasteiger partial charge in [0.1, 0.15) is 11.4 Å². The zero-order chi connectivity index (χ0) is 24.1. The first-order valence-corrected chi connectivity index (χ1v) is 13.6. The van der Waals surface area contributed by atoms with Crippen molar-refractivity contribution < 1.29 is 22.7 Å². The molecule has 1 N–H and O–H groups in total. The molecule has 2 aromatic rings. The Balaban J connectivity index is 1.76. The highest BCUT2D eigenvalue weighted by Crippen LogP contribution is 2.32. The van der Waals surface area contributed by atoms with E-state index in [1.165, 1.54) is 0 Å². The minimum atomic E-state index is -3.65. The van der Waals surface area contributed by atoms with Crippen LogP contribution in [-0.2, 0) is 14.6 Å². The highest BCUT2D eigenvalue weighted by molar-refractivity contribution is 9.09. The van der Waals surface area contributed by atoms with Crippen LogP contribution in [0.3, 0.4) is 0 Å². The van der Waals surface area contributed by atoms with Gasteiger partial charge in [-0.3, -0.25) is 0 Å². The minimum absolute atomic E-state index is 0.0738. The molecule has 0 unspecified atom stereocenters. The van der Waals surface area contributed by atoms with E-state index in [1.807, 2.05) is 20.8 Å². The van der Waals surface area contributed by atoms with Gasteiger partial charge in [0.25, 0.3) is 0 Å². The number of rotatable bonds is 7. The van der Waals surface area contributed by atoms with E-state index < -0.39 is 15.4 Å². The lowest BCUT2D eigenvalue weighted by Gasteiger charge is -2.34. The van der Waals surface area contributed by atoms with Crippen LogP contribution in [0.25, 0.3) is 0 Å². The number of ether oxygens (including phenoxy) is 2. The maximum absolute atomic E-state index is 13.1. The monoisotopic (exact) mass is 538 g/mol. The maximum Gasteiger partial charge on any atom is 0.410 e. The van der Waals surface area contributed by atoms with Gasteiger partial charge in [-0.2, -0.15) is 0 Å². The van der Waals surface area contributed by atoms with Gasteiger partial charge in [-0.05, 0) is 63.9 Å². The number of anilines is 1. The molecule has 3 rings (SSSR count). The van der Waals surface area contributed by atoms with Gasteiger partial charge >= 0.3 is 6.09 Å². The van der Waals surface area contributed by atoms with Crippen LogP contribution in [0.5, 0.6) is 5.75 Å². The molecule has 1 aliphatic rings.